The molecule has 20 heavy (non-hydrogen) atoms. The molecule has 0 amide bonds. The smallest absolute Gasteiger partial charge is 0.138 e. The van der Waals surface area contributed by atoms with Gasteiger partial charge in [0.2, 0.25) is 0 Å². The van der Waals surface area contributed by atoms with Crippen LogP contribution < -0.4 is 5.32 Å². The Hall–Kier alpha value is -1.55. The van der Waals surface area contributed by atoms with Crippen LogP contribution in [0, 0.1) is 6.92 Å². The monoisotopic (exact) mass is 291 g/mol. The van der Waals surface area contributed by atoms with E-state index in [1.807, 2.05) is 31.2 Å². The minimum absolute atomic E-state index is 0.0899. The first-order valence-electron chi connectivity index (χ1n) is 6.50. The molecule has 4 heteroatoms. The standard InChI is InChI=1S/C16H18ClNO2/c1-11-5-2-3-7-13(11)15(19)10-18-9-12-6-4-8-14(17)16(12)20/h2-8,15,18-20H,9-10H2,1H3. The lowest BCUT2D eigenvalue weighted by molar-refractivity contribution is 0.173. The van der Waals surface area contributed by atoms with Gasteiger partial charge in [0.25, 0.3) is 0 Å². The zero-order valence-corrected chi connectivity index (χ0v) is 12.1. The molecule has 0 aromatic heterocycles. The summed E-state index contributed by atoms with van der Waals surface area (Å²) in [5.74, 6) is 0.0899. The molecule has 0 saturated heterocycles. The molecule has 0 aliphatic carbocycles. The molecular weight excluding hydrogens is 274 g/mol. The molecule has 0 aliphatic rings. The van der Waals surface area contributed by atoms with E-state index < -0.39 is 6.10 Å². The summed E-state index contributed by atoms with van der Waals surface area (Å²) in [6.45, 7) is 2.84. The van der Waals surface area contributed by atoms with Crippen LogP contribution in [0.5, 0.6) is 5.75 Å². The van der Waals surface area contributed by atoms with Gasteiger partial charge < -0.3 is 15.5 Å². The first-order valence-corrected chi connectivity index (χ1v) is 6.88. The number of aromatic hydroxyl groups is 1. The molecule has 0 radical (unpaired) electrons. The van der Waals surface area contributed by atoms with Crippen LogP contribution in [0.4, 0.5) is 0 Å². The lowest BCUT2D eigenvalue weighted by Crippen LogP contribution is -2.21. The highest BCUT2D eigenvalue weighted by atomic mass is 35.5. The molecule has 2 aromatic carbocycles. The van der Waals surface area contributed by atoms with E-state index in [1.165, 1.54) is 0 Å². The third kappa shape index (κ3) is 3.51. The Morgan fingerprint density at radius 2 is 1.90 bits per heavy atom. The van der Waals surface area contributed by atoms with Gasteiger partial charge in [0.15, 0.2) is 0 Å². The summed E-state index contributed by atoms with van der Waals surface area (Å²) in [6, 6.07) is 13.0. The van der Waals surface area contributed by atoms with Crippen LogP contribution in [0.3, 0.4) is 0 Å². The fraction of sp³-hybridized carbons (Fsp3) is 0.250. The van der Waals surface area contributed by atoms with E-state index in [-0.39, 0.29) is 5.75 Å². The molecule has 0 spiro atoms. The predicted octanol–water partition coefficient (Wildman–Crippen LogP) is 3.18. The van der Waals surface area contributed by atoms with E-state index in [2.05, 4.69) is 5.32 Å². The number of hydrogen-bond acceptors (Lipinski definition) is 3. The van der Waals surface area contributed by atoms with Crippen LogP contribution in [0.15, 0.2) is 42.5 Å². The number of rotatable bonds is 5. The van der Waals surface area contributed by atoms with Crippen molar-refractivity contribution in [3.8, 4) is 5.75 Å². The SMILES string of the molecule is Cc1ccccc1C(O)CNCc1cccc(Cl)c1O. The number of hydrogen-bond donors (Lipinski definition) is 3. The van der Waals surface area contributed by atoms with Crippen LogP contribution in [0.1, 0.15) is 22.8 Å². The minimum atomic E-state index is -0.572. The number of aryl methyl sites for hydroxylation is 1. The lowest BCUT2D eigenvalue weighted by Gasteiger charge is -2.15. The van der Waals surface area contributed by atoms with Gasteiger partial charge in [-0.15, -0.1) is 0 Å². The Morgan fingerprint density at radius 3 is 2.65 bits per heavy atom. The summed E-state index contributed by atoms with van der Waals surface area (Å²) in [4.78, 5) is 0. The van der Waals surface area contributed by atoms with Crippen LogP contribution in [-0.4, -0.2) is 16.8 Å². The molecule has 0 fully saturated rings. The average Bonchev–Trinajstić information content (AvgIpc) is 2.44. The number of aliphatic hydroxyl groups excluding tert-OH is 1. The van der Waals surface area contributed by atoms with E-state index in [0.717, 1.165) is 16.7 Å². The molecule has 0 bridgehead atoms. The summed E-state index contributed by atoms with van der Waals surface area (Å²) in [5, 5.41) is 23.4. The second-order valence-corrected chi connectivity index (χ2v) is 5.16. The van der Waals surface area contributed by atoms with Crippen molar-refractivity contribution in [1.82, 2.24) is 5.32 Å². The molecule has 2 aromatic rings. The third-order valence-corrected chi connectivity index (χ3v) is 3.58. The number of halogens is 1. The molecule has 3 N–H and O–H groups in total. The Morgan fingerprint density at radius 1 is 1.15 bits per heavy atom. The highest BCUT2D eigenvalue weighted by Crippen LogP contribution is 2.26. The quantitative estimate of drug-likeness (QED) is 0.793. The number of nitrogens with one attached hydrogen (secondary N) is 1. The zero-order chi connectivity index (χ0) is 14.5. The molecule has 3 nitrogen and oxygen atoms in total. The van der Waals surface area contributed by atoms with Crippen molar-refractivity contribution in [2.24, 2.45) is 0 Å². The van der Waals surface area contributed by atoms with E-state index in [9.17, 15) is 10.2 Å². The normalized spacial score (nSPS) is 12.3. The maximum Gasteiger partial charge on any atom is 0.138 e. The van der Waals surface area contributed by atoms with Crippen molar-refractivity contribution in [3.05, 3.63) is 64.2 Å². The van der Waals surface area contributed by atoms with Crippen LogP contribution >= 0.6 is 11.6 Å². The van der Waals surface area contributed by atoms with E-state index in [0.29, 0.717) is 18.1 Å². The second kappa shape index (κ2) is 6.75. The van der Waals surface area contributed by atoms with Crippen molar-refractivity contribution in [1.29, 1.82) is 0 Å². The molecular formula is C16H18ClNO2. The van der Waals surface area contributed by atoms with Crippen molar-refractivity contribution >= 4 is 11.6 Å². The summed E-state index contributed by atoms with van der Waals surface area (Å²) in [5.41, 5.74) is 2.69. The third-order valence-electron chi connectivity index (χ3n) is 3.27. The molecule has 106 valence electrons. The fourth-order valence-electron chi connectivity index (χ4n) is 2.12. The van der Waals surface area contributed by atoms with Gasteiger partial charge in [-0.3, -0.25) is 0 Å². The fourth-order valence-corrected chi connectivity index (χ4v) is 2.31. The van der Waals surface area contributed by atoms with Gasteiger partial charge in [-0.25, -0.2) is 0 Å². The van der Waals surface area contributed by atoms with Gasteiger partial charge in [0, 0.05) is 18.7 Å². The summed E-state index contributed by atoms with van der Waals surface area (Å²) >= 11 is 5.84. The first-order chi connectivity index (χ1) is 9.59. The Balaban J connectivity index is 1.93. The molecule has 1 unspecified atom stereocenters. The molecule has 2 rings (SSSR count). The van der Waals surface area contributed by atoms with Crippen molar-refractivity contribution in [3.63, 3.8) is 0 Å². The number of phenols is 1. The van der Waals surface area contributed by atoms with Gasteiger partial charge in [-0.2, -0.15) is 0 Å². The van der Waals surface area contributed by atoms with Gasteiger partial charge in [0.1, 0.15) is 5.75 Å². The number of benzene rings is 2. The summed E-state index contributed by atoms with van der Waals surface area (Å²) < 4.78 is 0. The number of para-hydroxylation sites is 1. The van der Waals surface area contributed by atoms with E-state index in [1.54, 1.807) is 18.2 Å². The number of phenolic OH excluding ortho intramolecular Hbond substituents is 1. The highest BCUT2D eigenvalue weighted by Gasteiger charge is 2.10. The van der Waals surface area contributed by atoms with Crippen LogP contribution in [-0.2, 0) is 6.54 Å². The van der Waals surface area contributed by atoms with Gasteiger partial charge in [0.05, 0.1) is 11.1 Å². The Labute approximate surface area is 123 Å². The summed E-state index contributed by atoms with van der Waals surface area (Å²) in [7, 11) is 0. The Kier molecular flexibility index (Phi) is 5.01. The van der Waals surface area contributed by atoms with Gasteiger partial charge >= 0.3 is 0 Å². The van der Waals surface area contributed by atoms with E-state index >= 15 is 0 Å². The molecule has 1 atom stereocenters. The van der Waals surface area contributed by atoms with E-state index in [4.69, 9.17) is 11.6 Å². The maximum absolute atomic E-state index is 10.2. The number of aliphatic hydroxyl groups is 1. The van der Waals surface area contributed by atoms with Crippen molar-refractivity contribution < 1.29 is 10.2 Å². The van der Waals surface area contributed by atoms with Crippen LogP contribution in [0.25, 0.3) is 0 Å². The van der Waals surface area contributed by atoms with Crippen molar-refractivity contribution in [2.45, 2.75) is 19.6 Å². The van der Waals surface area contributed by atoms with Gasteiger partial charge in [-0.05, 0) is 24.1 Å². The zero-order valence-electron chi connectivity index (χ0n) is 11.3. The van der Waals surface area contributed by atoms with Gasteiger partial charge in [-0.1, -0.05) is 48.0 Å². The average molecular weight is 292 g/mol. The highest BCUT2D eigenvalue weighted by molar-refractivity contribution is 6.32. The minimum Gasteiger partial charge on any atom is -0.506 e. The molecule has 0 heterocycles. The topological polar surface area (TPSA) is 52.5 Å². The Bertz CT molecular complexity index is 586. The molecule has 0 saturated carbocycles. The van der Waals surface area contributed by atoms with Crippen molar-refractivity contribution in [2.75, 3.05) is 6.54 Å². The maximum atomic E-state index is 10.2. The largest absolute Gasteiger partial charge is 0.506 e. The molecule has 0 aliphatic heterocycles. The first kappa shape index (κ1) is 14.9. The lowest BCUT2D eigenvalue weighted by atomic mass is 10.0. The van der Waals surface area contributed by atoms with Crippen LogP contribution in [0.2, 0.25) is 5.02 Å². The predicted molar refractivity (Wildman–Crippen MR) is 81.0 cm³/mol. The second-order valence-electron chi connectivity index (χ2n) is 4.75. The summed E-state index contributed by atoms with van der Waals surface area (Å²) in [6.07, 6.45) is -0.572.